The monoisotopic (exact) mass is 251 g/mol. The Kier molecular flexibility index (Phi) is 4.35. The van der Waals surface area contributed by atoms with Gasteiger partial charge >= 0.3 is 0 Å². The van der Waals surface area contributed by atoms with Crippen molar-refractivity contribution < 1.29 is 4.79 Å². The molecule has 2 nitrogen and oxygen atoms in total. The van der Waals surface area contributed by atoms with E-state index in [1.54, 1.807) is 11.3 Å². The summed E-state index contributed by atoms with van der Waals surface area (Å²) in [4.78, 5) is 15.1. The fourth-order valence-corrected chi connectivity index (χ4v) is 3.21. The Bertz CT molecular complexity index is 352. The first-order valence-electron chi connectivity index (χ1n) is 6.43. The minimum atomic E-state index is 0.265. The number of hydrogen-bond acceptors (Lipinski definition) is 3. The standard InChI is InChI=1S/C14H21NOS/c1-11-5-7-12(8-6-11)15(2)10-13(16)14-4-3-9-17-14/h3-4,9,11-12H,5-8,10H2,1-2H3. The summed E-state index contributed by atoms with van der Waals surface area (Å²) >= 11 is 1.54. The van der Waals surface area contributed by atoms with Crippen molar-refractivity contribution in [3.63, 3.8) is 0 Å². The number of carbonyl (C=O) groups excluding carboxylic acids is 1. The van der Waals surface area contributed by atoms with Crippen molar-refractivity contribution in [3.8, 4) is 0 Å². The first-order valence-corrected chi connectivity index (χ1v) is 7.31. The van der Waals surface area contributed by atoms with Gasteiger partial charge in [-0.1, -0.05) is 13.0 Å². The normalized spacial score (nSPS) is 25.1. The lowest BCUT2D eigenvalue weighted by atomic mass is 9.87. The van der Waals surface area contributed by atoms with Crippen LogP contribution in [0.25, 0.3) is 0 Å². The third-order valence-corrected chi connectivity index (χ3v) is 4.71. The van der Waals surface area contributed by atoms with Gasteiger partial charge in [0.1, 0.15) is 0 Å². The van der Waals surface area contributed by atoms with Crippen molar-refractivity contribution in [2.24, 2.45) is 5.92 Å². The fraction of sp³-hybridized carbons (Fsp3) is 0.643. The average molecular weight is 251 g/mol. The van der Waals surface area contributed by atoms with E-state index in [0.717, 1.165) is 10.8 Å². The van der Waals surface area contributed by atoms with E-state index in [4.69, 9.17) is 0 Å². The van der Waals surface area contributed by atoms with Crippen LogP contribution in [-0.2, 0) is 0 Å². The largest absolute Gasteiger partial charge is 0.296 e. The molecule has 0 aromatic carbocycles. The van der Waals surface area contributed by atoms with Gasteiger partial charge < -0.3 is 0 Å². The fourth-order valence-electron chi connectivity index (χ4n) is 2.55. The molecule has 0 aliphatic heterocycles. The first kappa shape index (κ1) is 12.8. The number of thiophene rings is 1. The van der Waals surface area contributed by atoms with Crippen molar-refractivity contribution in [1.82, 2.24) is 4.90 Å². The molecule has 17 heavy (non-hydrogen) atoms. The molecule has 1 saturated carbocycles. The van der Waals surface area contributed by atoms with Crippen molar-refractivity contribution in [2.45, 2.75) is 38.6 Å². The number of ketones is 1. The smallest absolute Gasteiger partial charge is 0.186 e. The lowest BCUT2D eigenvalue weighted by molar-refractivity contribution is 0.0893. The Morgan fingerprint density at radius 3 is 2.71 bits per heavy atom. The lowest BCUT2D eigenvalue weighted by Gasteiger charge is -2.33. The van der Waals surface area contributed by atoms with Gasteiger partial charge in [0.15, 0.2) is 5.78 Å². The number of nitrogens with zero attached hydrogens (tertiary/aromatic N) is 1. The molecule has 1 aliphatic rings. The summed E-state index contributed by atoms with van der Waals surface area (Å²) in [6.07, 6.45) is 5.11. The molecule has 0 saturated heterocycles. The van der Waals surface area contributed by atoms with Gasteiger partial charge in [0.25, 0.3) is 0 Å². The average Bonchev–Trinajstić information content (AvgIpc) is 2.83. The van der Waals surface area contributed by atoms with E-state index < -0.39 is 0 Å². The van der Waals surface area contributed by atoms with Crippen LogP contribution >= 0.6 is 11.3 Å². The highest BCUT2D eigenvalue weighted by Crippen LogP contribution is 2.26. The third kappa shape index (κ3) is 3.39. The number of carbonyl (C=O) groups is 1. The molecular formula is C14H21NOS. The number of rotatable bonds is 4. The second-order valence-corrected chi connectivity index (χ2v) is 6.18. The molecule has 1 aliphatic carbocycles. The Balaban J connectivity index is 1.84. The summed E-state index contributed by atoms with van der Waals surface area (Å²) in [5.74, 6) is 1.13. The molecule has 0 bridgehead atoms. The van der Waals surface area contributed by atoms with Crippen LogP contribution in [0.15, 0.2) is 17.5 Å². The van der Waals surface area contributed by atoms with Gasteiger partial charge in [-0.2, -0.15) is 0 Å². The van der Waals surface area contributed by atoms with E-state index in [9.17, 15) is 4.79 Å². The molecule has 94 valence electrons. The molecule has 3 heteroatoms. The van der Waals surface area contributed by atoms with E-state index in [-0.39, 0.29) is 5.78 Å². The number of hydrogen-bond donors (Lipinski definition) is 0. The van der Waals surface area contributed by atoms with Crippen molar-refractivity contribution in [1.29, 1.82) is 0 Å². The van der Waals surface area contributed by atoms with E-state index in [1.165, 1.54) is 25.7 Å². The molecule has 2 rings (SSSR count). The third-order valence-electron chi connectivity index (χ3n) is 3.80. The summed E-state index contributed by atoms with van der Waals surface area (Å²) in [5.41, 5.74) is 0. The van der Waals surface area contributed by atoms with Crippen LogP contribution in [0.5, 0.6) is 0 Å². The van der Waals surface area contributed by atoms with E-state index in [2.05, 4.69) is 18.9 Å². The molecule has 1 fully saturated rings. The summed E-state index contributed by atoms with van der Waals surface area (Å²) in [6.45, 7) is 2.90. The second-order valence-electron chi connectivity index (χ2n) is 5.23. The van der Waals surface area contributed by atoms with Gasteiger partial charge in [-0.05, 0) is 50.1 Å². The van der Waals surface area contributed by atoms with Crippen LogP contribution < -0.4 is 0 Å². The zero-order valence-corrected chi connectivity index (χ0v) is 11.5. The van der Waals surface area contributed by atoms with E-state index in [1.807, 2.05) is 17.5 Å². The van der Waals surface area contributed by atoms with Crippen molar-refractivity contribution in [3.05, 3.63) is 22.4 Å². The second kappa shape index (κ2) is 5.78. The van der Waals surface area contributed by atoms with E-state index >= 15 is 0 Å². The molecule has 0 N–H and O–H groups in total. The number of Topliss-reactive ketones (excluding diaryl/α,β-unsaturated/α-hetero) is 1. The molecule has 1 heterocycles. The molecule has 0 spiro atoms. The molecule has 1 aromatic heterocycles. The number of likely N-dealkylation sites (N-methyl/N-ethyl adjacent to an activating group) is 1. The topological polar surface area (TPSA) is 20.3 Å². The summed E-state index contributed by atoms with van der Waals surface area (Å²) in [7, 11) is 2.09. The minimum Gasteiger partial charge on any atom is -0.296 e. The first-order chi connectivity index (χ1) is 8.16. The van der Waals surface area contributed by atoms with Gasteiger partial charge in [0.2, 0.25) is 0 Å². The van der Waals surface area contributed by atoms with Crippen LogP contribution in [0, 0.1) is 5.92 Å². The van der Waals surface area contributed by atoms with Crippen LogP contribution in [0.2, 0.25) is 0 Å². The zero-order valence-electron chi connectivity index (χ0n) is 10.7. The van der Waals surface area contributed by atoms with Crippen LogP contribution in [-0.4, -0.2) is 30.3 Å². The molecule has 0 amide bonds. The van der Waals surface area contributed by atoms with E-state index in [0.29, 0.717) is 12.6 Å². The van der Waals surface area contributed by atoms with Crippen molar-refractivity contribution >= 4 is 17.1 Å². The van der Waals surface area contributed by atoms with Crippen LogP contribution in [0.4, 0.5) is 0 Å². The maximum Gasteiger partial charge on any atom is 0.186 e. The van der Waals surface area contributed by atoms with Crippen LogP contribution in [0.1, 0.15) is 42.3 Å². The summed E-state index contributed by atoms with van der Waals surface area (Å²) in [6, 6.07) is 4.47. The molecular weight excluding hydrogens is 230 g/mol. The molecule has 0 unspecified atom stereocenters. The molecule has 1 aromatic rings. The summed E-state index contributed by atoms with van der Waals surface area (Å²) < 4.78 is 0. The Morgan fingerprint density at radius 1 is 1.41 bits per heavy atom. The van der Waals surface area contributed by atoms with Crippen molar-refractivity contribution in [2.75, 3.05) is 13.6 Å². The van der Waals surface area contributed by atoms with Gasteiger partial charge in [-0.25, -0.2) is 0 Å². The maximum absolute atomic E-state index is 12.0. The lowest BCUT2D eigenvalue weighted by Crippen LogP contribution is -2.38. The quantitative estimate of drug-likeness (QED) is 0.764. The highest BCUT2D eigenvalue weighted by atomic mass is 32.1. The highest BCUT2D eigenvalue weighted by Gasteiger charge is 2.23. The predicted molar refractivity (Wildman–Crippen MR) is 72.7 cm³/mol. The Hall–Kier alpha value is -0.670. The van der Waals surface area contributed by atoms with Gasteiger partial charge in [-0.3, -0.25) is 9.69 Å². The minimum absolute atomic E-state index is 0.265. The molecule has 0 radical (unpaired) electrons. The Morgan fingerprint density at radius 2 is 2.12 bits per heavy atom. The van der Waals surface area contributed by atoms with Gasteiger partial charge in [0.05, 0.1) is 11.4 Å². The Labute approximate surface area is 108 Å². The van der Waals surface area contributed by atoms with Crippen LogP contribution in [0.3, 0.4) is 0 Å². The summed E-state index contributed by atoms with van der Waals surface area (Å²) in [5, 5.41) is 1.97. The van der Waals surface area contributed by atoms with Gasteiger partial charge in [-0.15, -0.1) is 11.3 Å². The molecule has 0 atom stereocenters. The predicted octanol–water partition coefficient (Wildman–Crippen LogP) is 3.44. The zero-order chi connectivity index (χ0) is 12.3. The van der Waals surface area contributed by atoms with Gasteiger partial charge in [0, 0.05) is 6.04 Å². The SMILES string of the molecule is CC1CCC(N(C)CC(=O)c2cccs2)CC1. The maximum atomic E-state index is 12.0. The highest BCUT2D eigenvalue weighted by molar-refractivity contribution is 7.12.